The molecule has 0 aromatic carbocycles. The van der Waals surface area contributed by atoms with Gasteiger partial charge < -0.3 is 15.3 Å². The van der Waals surface area contributed by atoms with Gasteiger partial charge in [-0.2, -0.15) is 0 Å². The Morgan fingerprint density at radius 1 is 1.28 bits per heavy atom. The van der Waals surface area contributed by atoms with Crippen molar-refractivity contribution < 1.29 is 15.3 Å². The first-order valence-electron chi connectivity index (χ1n) is 7.00. The Kier molecular flexibility index (Phi) is 10.3. The Morgan fingerprint density at radius 3 is 2.17 bits per heavy atom. The summed E-state index contributed by atoms with van der Waals surface area (Å²) in [6, 6.07) is 0.252. The minimum Gasteiger partial charge on any atom is -0.379 e. The van der Waals surface area contributed by atoms with Crippen LogP contribution in [0.15, 0.2) is 11.6 Å². The third kappa shape index (κ3) is 8.64. The first-order valence-corrected chi connectivity index (χ1v) is 7.00. The molecule has 0 heterocycles. The minimum atomic E-state index is -1.31. The second-order valence-corrected chi connectivity index (χ2v) is 4.82. The number of aliphatic hydroxyl groups is 3. The van der Waals surface area contributed by atoms with Gasteiger partial charge in [0.25, 0.3) is 0 Å². The van der Waals surface area contributed by atoms with Crippen molar-refractivity contribution >= 4 is 0 Å². The lowest BCUT2D eigenvalue weighted by Gasteiger charge is -2.24. The van der Waals surface area contributed by atoms with Gasteiger partial charge in [-0.25, -0.2) is 0 Å². The molecule has 0 amide bonds. The Morgan fingerprint density at radius 2 is 1.89 bits per heavy atom. The van der Waals surface area contributed by atoms with Crippen LogP contribution in [0.1, 0.15) is 59.3 Å². The molecule has 0 saturated heterocycles. The zero-order chi connectivity index (χ0) is 14.0. The van der Waals surface area contributed by atoms with Gasteiger partial charge in [0.05, 0.1) is 0 Å². The van der Waals surface area contributed by atoms with Gasteiger partial charge in [0, 0.05) is 6.04 Å². The normalized spacial score (nSPS) is 21.1. The highest BCUT2D eigenvalue weighted by atomic mass is 16.5. The number of hydrogen-bond acceptors (Lipinski definition) is 4. The highest BCUT2D eigenvalue weighted by Gasteiger charge is 2.17. The summed E-state index contributed by atoms with van der Waals surface area (Å²) < 4.78 is 0. The topological polar surface area (TPSA) is 72.7 Å². The lowest BCUT2D eigenvalue weighted by atomic mass is 9.95. The Balaban J connectivity index is 0.000000494. The quantitative estimate of drug-likeness (QED) is 0.449. The van der Waals surface area contributed by atoms with Crippen molar-refractivity contribution in [3.05, 3.63) is 11.6 Å². The minimum absolute atomic E-state index is 0.252. The maximum absolute atomic E-state index is 9.05. The summed E-state index contributed by atoms with van der Waals surface area (Å²) in [6.45, 7) is 6.10. The molecule has 1 aliphatic carbocycles. The number of nitrogens with one attached hydrogen (secondary N) is 1. The third-order valence-corrected chi connectivity index (χ3v) is 2.96. The molecule has 0 radical (unpaired) electrons. The van der Waals surface area contributed by atoms with E-state index in [2.05, 4.69) is 19.2 Å². The summed E-state index contributed by atoms with van der Waals surface area (Å²) in [6.07, 6.45) is 6.36. The molecule has 0 saturated carbocycles. The van der Waals surface area contributed by atoms with E-state index in [-0.39, 0.29) is 6.04 Å². The van der Waals surface area contributed by atoms with Crippen molar-refractivity contribution in [2.45, 2.75) is 77.9 Å². The first kappa shape index (κ1) is 17.6. The van der Waals surface area contributed by atoms with E-state index in [9.17, 15) is 0 Å². The standard InChI is InChI=1S/C9H17NO3.C5H12/c1-6(11)10-8-4-2-7(3-5-8)9(12)13;1-3-5-4-2/h2,6,8-13H,3-5H2,1H3;3-5H2,1-2H3. The van der Waals surface area contributed by atoms with Crippen molar-refractivity contribution in [1.82, 2.24) is 5.32 Å². The molecule has 2 unspecified atom stereocenters. The van der Waals surface area contributed by atoms with Crippen LogP contribution in [0.2, 0.25) is 0 Å². The van der Waals surface area contributed by atoms with Crippen molar-refractivity contribution in [2.24, 2.45) is 0 Å². The Labute approximate surface area is 111 Å². The lowest BCUT2D eigenvalue weighted by Crippen LogP contribution is -2.37. The van der Waals surface area contributed by atoms with Crippen molar-refractivity contribution in [2.75, 3.05) is 0 Å². The Hall–Kier alpha value is -0.420. The predicted octanol–water partition coefficient (Wildman–Crippen LogP) is 1.90. The van der Waals surface area contributed by atoms with E-state index in [4.69, 9.17) is 15.3 Å². The van der Waals surface area contributed by atoms with E-state index >= 15 is 0 Å². The SMILES string of the molecule is CC(O)NC1CC=C(C(O)O)CC1.CCCCC. The van der Waals surface area contributed by atoms with E-state index in [0.29, 0.717) is 12.0 Å². The number of unbranched alkanes of at least 4 members (excludes halogenated alkanes) is 2. The molecule has 4 heteroatoms. The van der Waals surface area contributed by atoms with E-state index in [1.165, 1.54) is 19.3 Å². The van der Waals surface area contributed by atoms with Crippen LogP contribution < -0.4 is 5.32 Å². The monoisotopic (exact) mass is 259 g/mol. The Bertz CT molecular complexity index is 225. The zero-order valence-electron chi connectivity index (χ0n) is 11.9. The maximum Gasteiger partial charge on any atom is 0.174 e. The summed E-state index contributed by atoms with van der Waals surface area (Å²) in [5.41, 5.74) is 0.684. The van der Waals surface area contributed by atoms with Crippen molar-refractivity contribution in [3.8, 4) is 0 Å². The van der Waals surface area contributed by atoms with Gasteiger partial charge in [-0.05, 0) is 31.8 Å². The smallest absolute Gasteiger partial charge is 0.174 e. The van der Waals surface area contributed by atoms with Crippen LogP contribution in [0, 0.1) is 0 Å². The molecule has 0 aromatic rings. The summed E-state index contributed by atoms with van der Waals surface area (Å²) in [5, 5.41) is 29.8. The molecule has 4 N–H and O–H groups in total. The fraction of sp³-hybridized carbons (Fsp3) is 0.857. The second-order valence-electron chi connectivity index (χ2n) is 4.82. The summed E-state index contributed by atoms with van der Waals surface area (Å²) in [4.78, 5) is 0. The molecule has 108 valence electrons. The molecule has 1 rings (SSSR count). The number of rotatable bonds is 5. The van der Waals surface area contributed by atoms with Crippen molar-refractivity contribution in [1.29, 1.82) is 0 Å². The lowest BCUT2D eigenvalue weighted by molar-refractivity contribution is -0.0120. The first-order chi connectivity index (χ1) is 8.51. The summed E-state index contributed by atoms with van der Waals surface area (Å²) >= 11 is 0. The average molecular weight is 259 g/mol. The van der Waals surface area contributed by atoms with E-state index < -0.39 is 12.5 Å². The fourth-order valence-corrected chi connectivity index (χ4v) is 1.93. The van der Waals surface area contributed by atoms with Gasteiger partial charge in [0.15, 0.2) is 6.29 Å². The highest BCUT2D eigenvalue weighted by molar-refractivity contribution is 5.09. The predicted molar refractivity (Wildman–Crippen MR) is 74.0 cm³/mol. The summed E-state index contributed by atoms with van der Waals surface area (Å²) in [7, 11) is 0. The number of hydrogen-bond donors (Lipinski definition) is 4. The number of aliphatic hydroxyl groups excluding tert-OH is 2. The molecule has 4 nitrogen and oxygen atoms in total. The van der Waals surface area contributed by atoms with Gasteiger partial charge in [0.2, 0.25) is 0 Å². The largest absolute Gasteiger partial charge is 0.379 e. The molecular formula is C14H29NO3. The summed E-state index contributed by atoms with van der Waals surface area (Å²) in [5.74, 6) is 0. The van der Waals surface area contributed by atoms with Crippen LogP contribution in [0.25, 0.3) is 0 Å². The van der Waals surface area contributed by atoms with Gasteiger partial charge in [0.1, 0.15) is 6.23 Å². The third-order valence-electron chi connectivity index (χ3n) is 2.96. The highest BCUT2D eigenvalue weighted by Crippen LogP contribution is 2.20. The molecule has 18 heavy (non-hydrogen) atoms. The maximum atomic E-state index is 9.05. The van der Waals surface area contributed by atoms with Gasteiger partial charge >= 0.3 is 0 Å². The van der Waals surface area contributed by atoms with E-state index in [1.807, 2.05) is 6.08 Å². The van der Waals surface area contributed by atoms with Crippen LogP contribution >= 0.6 is 0 Å². The van der Waals surface area contributed by atoms with Gasteiger partial charge in [-0.1, -0.05) is 39.2 Å². The average Bonchev–Trinajstić information content (AvgIpc) is 2.30. The van der Waals surface area contributed by atoms with Gasteiger partial charge in [-0.3, -0.25) is 5.32 Å². The molecule has 0 aliphatic heterocycles. The molecule has 0 aromatic heterocycles. The molecule has 0 spiro atoms. The second kappa shape index (κ2) is 10.5. The fourth-order valence-electron chi connectivity index (χ4n) is 1.93. The molecule has 1 aliphatic rings. The van der Waals surface area contributed by atoms with Crippen LogP contribution in [-0.2, 0) is 0 Å². The van der Waals surface area contributed by atoms with Crippen LogP contribution in [0.3, 0.4) is 0 Å². The van der Waals surface area contributed by atoms with Crippen molar-refractivity contribution in [3.63, 3.8) is 0 Å². The van der Waals surface area contributed by atoms with Crippen LogP contribution in [-0.4, -0.2) is 33.9 Å². The van der Waals surface area contributed by atoms with Gasteiger partial charge in [-0.15, -0.1) is 0 Å². The molecular weight excluding hydrogens is 230 g/mol. The van der Waals surface area contributed by atoms with E-state index in [0.717, 1.165) is 12.8 Å². The van der Waals surface area contributed by atoms with Crippen LogP contribution in [0.5, 0.6) is 0 Å². The zero-order valence-corrected chi connectivity index (χ0v) is 11.9. The molecule has 0 bridgehead atoms. The van der Waals surface area contributed by atoms with Crippen LogP contribution in [0.4, 0.5) is 0 Å². The van der Waals surface area contributed by atoms with E-state index in [1.54, 1.807) is 6.92 Å². The molecule has 0 fully saturated rings. The molecule has 2 atom stereocenters.